The van der Waals surface area contributed by atoms with Gasteiger partial charge in [-0.05, 0) is 24.7 Å². The average molecular weight is 140 g/mol. The van der Waals surface area contributed by atoms with Crippen LogP contribution in [-0.4, -0.2) is 13.1 Å². The van der Waals surface area contributed by atoms with Gasteiger partial charge < -0.3 is 4.74 Å². The smallest absolute Gasteiger partial charge is 0.309 e. The van der Waals surface area contributed by atoms with Crippen LogP contribution in [0.15, 0.2) is 0 Å². The van der Waals surface area contributed by atoms with Crippen molar-refractivity contribution >= 4 is 5.97 Å². The van der Waals surface area contributed by atoms with Gasteiger partial charge in [-0.3, -0.25) is 4.79 Å². The molecule has 10 heavy (non-hydrogen) atoms. The summed E-state index contributed by atoms with van der Waals surface area (Å²) in [6.45, 7) is 0. The Hall–Kier alpha value is -0.530. The number of ether oxygens (including phenoxy) is 1. The Kier molecular flexibility index (Phi) is 1.22. The molecule has 2 fully saturated rings. The first-order valence-electron chi connectivity index (χ1n) is 3.92. The van der Waals surface area contributed by atoms with E-state index in [-0.39, 0.29) is 5.97 Å². The predicted molar refractivity (Wildman–Crippen MR) is 36.3 cm³/mol. The Bertz CT molecular complexity index is 155. The second kappa shape index (κ2) is 1.97. The third-order valence-corrected chi connectivity index (χ3v) is 2.88. The van der Waals surface area contributed by atoms with Crippen molar-refractivity contribution in [1.82, 2.24) is 0 Å². The molecule has 2 rings (SSSR count). The van der Waals surface area contributed by atoms with Gasteiger partial charge in [0, 0.05) is 0 Å². The molecule has 2 aliphatic rings. The summed E-state index contributed by atoms with van der Waals surface area (Å²) in [6.07, 6.45) is 3.83. The number of hydrogen-bond donors (Lipinski definition) is 0. The fraction of sp³-hybridized carbons (Fsp3) is 0.875. The van der Waals surface area contributed by atoms with Crippen LogP contribution in [0, 0.1) is 17.8 Å². The van der Waals surface area contributed by atoms with Crippen molar-refractivity contribution in [2.24, 2.45) is 17.8 Å². The van der Waals surface area contributed by atoms with Gasteiger partial charge in [0.05, 0.1) is 13.0 Å². The molecule has 0 N–H and O–H groups in total. The highest BCUT2D eigenvalue weighted by molar-refractivity contribution is 5.76. The lowest BCUT2D eigenvalue weighted by Gasteiger charge is -1.98. The molecule has 2 heteroatoms. The van der Waals surface area contributed by atoms with E-state index in [2.05, 4.69) is 4.74 Å². The van der Waals surface area contributed by atoms with Crippen molar-refractivity contribution < 1.29 is 9.53 Å². The predicted octanol–water partition coefficient (Wildman–Crippen LogP) is 1.21. The molecular weight excluding hydrogens is 128 g/mol. The number of rotatable bonds is 1. The second-order valence-electron chi connectivity index (χ2n) is 3.31. The highest BCUT2D eigenvalue weighted by atomic mass is 16.5. The van der Waals surface area contributed by atoms with Crippen LogP contribution in [-0.2, 0) is 9.53 Å². The van der Waals surface area contributed by atoms with E-state index in [0.29, 0.717) is 17.8 Å². The molecule has 0 bridgehead atoms. The topological polar surface area (TPSA) is 26.3 Å². The third-order valence-electron chi connectivity index (χ3n) is 2.88. The molecule has 0 saturated heterocycles. The first-order chi connectivity index (χ1) is 4.84. The molecule has 2 saturated carbocycles. The van der Waals surface area contributed by atoms with Crippen molar-refractivity contribution in [2.75, 3.05) is 7.11 Å². The van der Waals surface area contributed by atoms with Crippen LogP contribution in [0.4, 0.5) is 0 Å². The summed E-state index contributed by atoms with van der Waals surface area (Å²) < 4.78 is 4.67. The lowest BCUT2D eigenvalue weighted by atomic mass is 10.1. The molecular formula is C8H12O2. The molecule has 0 heterocycles. The van der Waals surface area contributed by atoms with E-state index in [1.54, 1.807) is 0 Å². The van der Waals surface area contributed by atoms with Crippen molar-refractivity contribution in [2.45, 2.75) is 19.3 Å². The molecule has 0 aromatic rings. The van der Waals surface area contributed by atoms with Gasteiger partial charge in [0.2, 0.25) is 0 Å². The van der Waals surface area contributed by atoms with Crippen molar-refractivity contribution in [3.63, 3.8) is 0 Å². The van der Waals surface area contributed by atoms with Crippen molar-refractivity contribution in [3.8, 4) is 0 Å². The van der Waals surface area contributed by atoms with Gasteiger partial charge in [0.25, 0.3) is 0 Å². The summed E-state index contributed by atoms with van der Waals surface area (Å²) in [5, 5.41) is 0. The van der Waals surface area contributed by atoms with E-state index in [9.17, 15) is 4.79 Å². The average Bonchev–Trinajstić information content (AvgIpc) is 2.43. The van der Waals surface area contributed by atoms with Gasteiger partial charge in [-0.15, -0.1) is 0 Å². The Morgan fingerprint density at radius 3 is 2.50 bits per heavy atom. The Morgan fingerprint density at radius 1 is 1.40 bits per heavy atom. The highest BCUT2D eigenvalue weighted by Crippen LogP contribution is 2.57. The zero-order valence-electron chi connectivity index (χ0n) is 6.17. The van der Waals surface area contributed by atoms with E-state index in [4.69, 9.17) is 0 Å². The fourth-order valence-corrected chi connectivity index (χ4v) is 2.31. The van der Waals surface area contributed by atoms with Gasteiger partial charge in [0.15, 0.2) is 0 Å². The molecule has 56 valence electrons. The molecule has 2 aliphatic carbocycles. The molecule has 0 aliphatic heterocycles. The zero-order chi connectivity index (χ0) is 7.14. The van der Waals surface area contributed by atoms with E-state index >= 15 is 0 Å². The first kappa shape index (κ1) is 6.20. The minimum atomic E-state index is 0.0229. The van der Waals surface area contributed by atoms with Crippen LogP contribution in [0.5, 0.6) is 0 Å². The molecule has 0 radical (unpaired) electrons. The monoisotopic (exact) mass is 140 g/mol. The molecule has 1 unspecified atom stereocenters. The lowest BCUT2D eigenvalue weighted by molar-refractivity contribution is -0.143. The van der Waals surface area contributed by atoms with Gasteiger partial charge in [-0.1, -0.05) is 6.42 Å². The SMILES string of the molecule is COC(=O)C1[C@H]2CCC[C@@H]12. The van der Waals surface area contributed by atoms with Crippen molar-refractivity contribution in [1.29, 1.82) is 0 Å². The van der Waals surface area contributed by atoms with E-state index < -0.39 is 0 Å². The van der Waals surface area contributed by atoms with Crippen LogP contribution in [0.2, 0.25) is 0 Å². The maximum absolute atomic E-state index is 11.0. The summed E-state index contributed by atoms with van der Waals surface area (Å²) in [6, 6.07) is 0. The van der Waals surface area contributed by atoms with Crippen molar-refractivity contribution in [3.05, 3.63) is 0 Å². The maximum Gasteiger partial charge on any atom is 0.309 e. The Morgan fingerprint density at radius 2 is 2.00 bits per heavy atom. The fourth-order valence-electron chi connectivity index (χ4n) is 2.31. The summed E-state index contributed by atoms with van der Waals surface area (Å²) in [5.74, 6) is 1.72. The van der Waals surface area contributed by atoms with Gasteiger partial charge in [0.1, 0.15) is 0 Å². The number of esters is 1. The molecule has 0 aromatic heterocycles. The molecule has 2 nitrogen and oxygen atoms in total. The van der Waals surface area contributed by atoms with Gasteiger partial charge in [-0.2, -0.15) is 0 Å². The summed E-state index contributed by atoms with van der Waals surface area (Å²) in [5.41, 5.74) is 0. The van der Waals surface area contributed by atoms with Crippen LogP contribution in [0.1, 0.15) is 19.3 Å². The van der Waals surface area contributed by atoms with E-state index in [0.717, 1.165) is 0 Å². The summed E-state index contributed by atoms with van der Waals surface area (Å²) >= 11 is 0. The van der Waals surface area contributed by atoms with Gasteiger partial charge in [-0.25, -0.2) is 0 Å². The Balaban J connectivity index is 1.94. The number of fused-ring (bicyclic) bond motifs is 1. The minimum Gasteiger partial charge on any atom is -0.469 e. The molecule has 0 spiro atoms. The van der Waals surface area contributed by atoms with Gasteiger partial charge >= 0.3 is 5.97 Å². The molecule has 3 atom stereocenters. The highest BCUT2D eigenvalue weighted by Gasteiger charge is 2.57. The number of carbonyl (C=O) groups is 1. The number of hydrogen-bond acceptors (Lipinski definition) is 2. The second-order valence-corrected chi connectivity index (χ2v) is 3.31. The largest absolute Gasteiger partial charge is 0.469 e. The number of carbonyl (C=O) groups excluding carboxylic acids is 1. The third kappa shape index (κ3) is 0.678. The summed E-state index contributed by atoms with van der Waals surface area (Å²) in [7, 11) is 1.48. The summed E-state index contributed by atoms with van der Waals surface area (Å²) in [4.78, 5) is 11.0. The zero-order valence-corrected chi connectivity index (χ0v) is 6.17. The van der Waals surface area contributed by atoms with E-state index in [1.165, 1.54) is 26.4 Å². The Labute approximate surface area is 60.6 Å². The maximum atomic E-state index is 11.0. The van der Waals surface area contributed by atoms with Crippen LogP contribution in [0.25, 0.3) is 0 Å². The first-order valence-corrected chi connectivity index (χ1v) is 3.92. The van der Waals surface area contributed by atoms with Crippen LogP contribution in [0.3, 0.4) is 0 Å². The van der Waals surface area contributed by atoms with Crippen LogP contribution >= 0.6 is 0 Å². The standard InChI is InChI=1S/C8H12O2/c1-10-8(9)7-5-3-2-4-6(5)7/h5-7H,2-4H2,1H3/t5-,6+,7?. The lowest BCUT2D eigenvalue weighted by Crippen LogP contribution is -2.06. The quantitative estimate of drug-likeness (QED) is 0.512. The minimum absolute atomic E-state index is 0.0229. The van der Waals surface area contributed by atoms with E-state index in [1.807, 2.05) is 0 Å². The molecule has 0 aromatic carbocycles. The number of methoxy groups -OCH3 is 1. The van der Waals surface area contributed by atoms with Crippen LogP contribution < -0.4 is 0 Å². The normalized spacial score (nSPS) is 42.7. The molecule has 0 amide bonds.